The van der Waals surface area contributed by atoms with Crippen LogP contribution in [-0.4, -0.2) is 26.7 Å². The molecule has 0 amide bonds. The Morgan fingerprint density at radius 2 is 2.05 bits per heavy atom. The van der Waals surface area contributed by atoms with Crippen LogP contribution in [0.2, 0.25) is 0 Å². The molecular weight excluding hydrogens is 286 g/mol. The van der Waals surface area contributed by atoms with E-state index in [1.165, 1.54) is 6.42 Å². The van der Waals surface area contributed by atoms with Crippen LogP contribution in [0.25, 0.3) is 0 Å². The fraction of sp³-hybridized carbons (Fsp3) is 0.500. The molecule has 0 aromatic heterocycles. The van der Waals surface area contributed by atoms with E-state index in [-0.39, 0.29) is 16.9 Å². The molecule has 21 heavy (non-hydrogen) atoms. The molecule has 0 heterocycles. The van der Waals surface area contributed by atoms with Crippen LogP contribution < -0.4 is 4.72 Å². The van der Waals surface area contributed by atoms with Gasteiger partial charge in [0.05, 0.1) is 11.5 Å². The Morgan fingerprint density at radius 1 is 1.33 bits per heavy atom. The molecule has 1 fully saturated rings. The lowest BCUT2D eigenvalue weighted by molar-refractivity contribution is 0.166. The summed E-state index contributed by atoms with van der Waals surface area (Å²) in [5.74, 6) is 5.58. The summed E-state index contributed by atoms with van der Waals surface area (Å²) in [7, 11) is -3.55. The predicted octanol–water partition coefficient (Wildman–Crippen LogP) is 1.89. The molecule has 1 aliphatic rings. The van der Waals surface area contributed by atoms with Crippen molar-refractivity contribution in [1.82, 2.24) is 4.72 Å². The van der Waals surface area contributed by atoms with Crippen molar-refractivity contribution in [1.29, 1.82) is 0 Å². The summed E-state index contributed by atoms with van der Waals surface area (Å²) in [6.45, 7) is 2.54. The van der Waals surface area contributed by atoms with Crippen LogP contribution in [0.3, 0.4) is 0 Å². The number of nitrogens with one attached hydrogen (secondary N) is 1. The van der Waals surface area contributed by atoms with Crippen LogP contribution in [0.5, 0.6) is 0 Å². The highest BCUT2D eigenvalue weighted by Crippen LogP contribution is 2.39. The number of rotatable bonds is 5. The first-order valence-electron chi connectivity index (χ1n) is 7.15. The van der Waals surface area contributed by atoms with Gasteiger partial charge in [-0.25, -0.2) is 13.1 Å². The summed E-state index contributed by atoms with van der Waals surface area (Å²) < 4.78 is 27.6. The van der Waals surface area contributed by atoms with Crippen LogP contribution in [0.4, 0.5) is 0 Å². The highest BCUT2D eigenvalue weighted by atomic mass is 32.2. The molecule has 0 aliphatic heterocycles. The van der Waals surface area contributed by atoms with Gasteiger partial charge in [0.1, 0.15) is 0 Å². The largest absolute Gasteiger partial charge is 0.395 e. The number of benzene rings is 1. The number of aliphatic hydroxyl groups excluding tert-OH is 1. The van der Waals surface area contributed by atoms with Crippen molar-refractivity contribution in [3.8, 4) is 11.8 Å². The molecule has 5 heteroatoms. The van der Waals surface area contributed by atoms with Crippen molar-refractivity contribution in [2.75, 3.05) is 13.2 Å². The molecule has 2 rings (SSSR count). The average molecular weight is 307 g/mol. The first kappa shape index (κ1) is 16.0. The molecule has 2 N–H and O–H groups in total. The van der Waals surface area contributed by atoms with Crippen LogP contribution >= 0.6 is 0 Å². The van der Waals surface area contributed by atoms with Gasteiger partial charge in [-0.2, -0.15) is 0 Å². The monoisotopic (exact) mass is 307 g/mol. The molecule has 1 aromatic rings. The molecule has 114 valence electrons. The van der Waals surface area contributed by atoms with E-state index in [9.17, 15) is 8.42 Å². The molecule has 0 unspecified atom stereocenters. The van der Waals surface area contributed by atoms with E-state index in [2.05, 4.69) is 23.5 Å². The Labute approximate surface area is 126 Å². The van der Waals surface area contributed by atoms with E-state index < -0.39 is 10.0 Å². The Bertz CT molecular complexity index is 652. The quantitative estimate of drug-likeness (QED) is 0.816. The smallest absolute Gasteiger partial charge is 0.241 e. The lowest BCUT2D eigenvalue weighted by atomic mass is 9.71. The molecule has 0 saturated heterocycles. The fourth-order valence-electron chi connectivity index (χ4n) is 2.32. The van der Waals surface area contributed by atoms with Crippen molar-refractivity contribution < 1.29 is 13.5 Å². The summed E-state index contributed by atoms with van der Waals surface area (Å²) >= 11 is 0. The molecule has 1 aliphatic carbocycles. The van der Waals surface area contributed by atoms with Gasteiger partial charge in [0.25, 0.3) is 0 Å². The standard InChI is InChI=1S/C16H21NO3S/c1-16(10-6-11-16)13-17-21(19,20)15-9-3-2-7-14(15)8-4-5-12-18/h2-3,7,9,17-18H,5-6,10-13H2,1H3. The van der Waals surface area contributed by atoms with Gasteiger partial charge in [0.15, 0.2) is 0 Å². The molecule has 0 bridgehead atoms. The van der Waals surface area contributed by atoms with Gasteiger partial charge in [-0.15, -0.1) is 0 Å². The van der Waals surface area contributed by atoms with Crippen LogP contribution in [0.15, 0.2) is 29.2 Å². The minimum atomic E-state index is -3.55. The lowest BCUT2D eigenvalue weighted by Crippen LogP contribution is -2.40. The number of hydrogen-bond donors (Lipinski definition) is 2. The summed E-state index contributed by atoms with van der Waals surface area (Å²) in [6.07, 6.45) is 3.63. The number of hydrogen-bond acceptors (Lipinski definition) is 3. The van der Waals surface area contributed by atoms with Gasteiger partial charge in [0.2, 0.25) is 10.0 Å². The zero-order valence-corrected chi connectivity index (χ0v) is 13.0. The van der Waals surface area contributed by atoms with E-state index in [1.54, 1.807) is 24.3 Å². The summed E-state index contributed by atoms with van der Waals surface area (Å²) in [6, 6.07) is 6.70. The third kappa shape index (κ3) is 4.07. The first-order valence-corrected chi connectivity index (χ1v) is 8.64. The molecule has 1 saturated carbocycles. The van der Waals surface area contributed by atoms with Crippen molar-refractivity contribution in [3.63, 3.8) is 0 Å². The predicted molar refractivity (Wildman–Crippen MR) is 82.2 cm³/mol. The maximum absolute atomic E-state index is 12.4. The highest BCUT2D eigenvalue weighted by Gasteiger charge is 2.33. The minimum absolute atomic E-state index is 0.0292. The maximum atomic E-state index is 12.4. The molecule has 0 atom stereocenters. The molecular formula is C16H21NO3S. The lowest BCUT2D eigenvalue weighted by Gasteiger charge is -2.38. The summed E-state index contributed by atoms with van der Waals surface area (Å²) in [5.41, 5.74) is 0.558. The Morgan fingerprint density at radius 3 is 2.67 bits per heavy atom. The normalized spacial score (nSPS) is 16.7. The molecule has 4 nitrogen and oxygen atoms in total. The van der Waals surface area contributed by atoms with Crippen molar-refractivity contribution >= 4 is 10.0 Å². The van der Waals surface area contributed by atoms with Crippen molar-refractivity contribution in [2.24, 2.45) is 5.41 Å². The van der Waals surface area contributed by atoms with Gasteiger partial charge in [0, 0.05) is 18.5 Å². The second-order valence-corrected chi connectivity index (χ2v) is 7.50. The Kier molecular flexibility index (Phi) is 5.04. The van der Waals surface area contributed by atoms with Gasteiger partial charge in [-0.1, -0.05) is 37.3 Å². The number of aliphatic hydroxyl groups is 1. The zero-order valence-electron chi connectivity index (χ0n) is 12.2. The van der Waals surface area contributed by atoms with Crippen molar-refractivity contribution in [2.45, 2.75) is 37.5 Å². The minimum Gasteiger partial charge on any atom is -0.395 e. The Hall–Kier alpha value is -1.35. The maximum Gasteiger partial charge on any atom is 0.241 e. The summed E-state index contributed by atoms with van der Waals surface area (Å²) in [5, 5.41) is 8.75. The van der Waals surface area contributed by atoms with E-state index in [1.807, 2.05) is 0 Å². The van der Waals surface area contributed by atoms with Crippen molar-refractivity contribution in [3.05, 3.63) is 29.8 Å². The average Bonchev–Trinajstić information content (AvgIpc) is 2.44. The van der Waals surface area contributed by atoms with E-state index in [0.29, 0.717) is 18.5 Å². The van der Waals surface area contributed by atoms with Crippen LogP contribution in [0.1, 0.15) is 38.2 Å². The molecule has 0 radical (unpaired) electrons. The van der Waals surface area contributed by atoms with E-state index >= 15 is 0 Å². The topological polar surface area (TPSA) is 66.4 Å². The zero-order chi connectivity index (χ0) is 15.3. The van der Waals surface area contributed by atoms with Crippen LogP contribution in [0, 0.1) is 17.3 Å². The van der Waals surface area contributed by atoms with E-state index in [4.69, 9.17) is 5.11 Å². The fourth-order valence-corrected chi connectivity index (χ4v) is 3.68. The third-order valence-electron chi connectivity index (χ3n) is 3.89. The number of sulfonamides is 1. The van der Waals surface area contributed by atoms with Gasteiger partial charge in [-0.3, -0.25) is 0 Å². The van der Waals surface area contributed by atoms with Crippen LogP contribution in [-0.2, 0) is 10.0 Å². The Balaban J connectivity index is 2.17. The first-order chi connectivity index (χ1) is 9.97. The molecule has 1 aromatic carbocycles. The second-order valence-electron chi connectivity index (χ2n) is 5.76. The van der Waals surface area contributed by atoms with Gasteiger partial charge < -0.3 is 5.11 Å². The van der Waals surface area contributed by atoms with Gasteiger partial charge >= 0.3 is 0 Å². The SMILES string of the molecule is CC1(CNS(=O)(=O)c2ccccc2C#CCCO)CCC1. The third-order valence-corrected chi connectivity index (χ3v) is 5.35. The highest BCUT2D eigenvalue weighted by molar-refractivity contribution is 7.89. The van der Waals surface area contributed by atoms with Gasteiger partial charge in [-0.05, 0) is 30.4 Å². The van der Waals surface area contributed by atoms with E-state index in [0.717, 1.165) is 12.8 Å². The second kappa shape index (κ2) is 6.61. The molecule has 0 spiro atoms. The summed E-state index contributed by atoms with van der Waals surface area (Å²) in [4.78, 5) is 0.207.